The van der Waals surface area contributed by atoms with Crippen LogP contribution < -0.4 is 4.72 Å². The first-order valence-corrected chi connectivity index (χ1v) is 9.35. The van der Waals surface area contributed by atoms with E-state index in [1.54, 1.807) is 25.1 Å². The van der Waals surface area contributed by atoms with E-state index in [-0.39, 0.29) is 0 Å². The highest BCUT2D eigenvalue weighted by Crippen LogP contribution is 2.22. The number of alkyl halides is 2. The highest BCUT2D eigenvalue weighted by molar-refractivity contribution is 9.09. The van der Waals surface area contributed by atoms with Gasteiger partial charge in [0.2, 0.25) is 10.0 Å². The third-order valence-electron chi connectivity index (χ3n) is 2.92. The minimum Gasteiger partial charge on any atom is -0.207 e. The summed E-state index contributed by atoms with van der Waals surface area (Å²) in [5, 5.41) is 1.12. The first-order chi connectivity index (χ1) is 8.40. The van der Waals surface area contributed by atoms with Gasteiger partial charge in [-0.3, -0.25) is 0 Å². The molecule has 0 saturated carbocycles. The van der Waals surface area contributed by atoms with E-state index in [2.05, 4.69) is 36.6 Å². The molecule has 1 aromatic rings. The zero-order valence-electron chi connectivity index (χ0n) is 10.4. The van der Waals surface area contributed by atoms with E-state index < -0.39 is 15.6 Å². The predicted octanol–water partition coefficient (Wildman–Crippen LogP) is 3.21. The summed E-state index contributed by atoms with van der Waals surface area (Å²) in [7, 11) is -3.49. The molecule has 0 aliphatic carbocycles. The van der Waals surface area contributed by atoms with Crippen LogP contribution in [0.5, 0.6) is 0 Å². The molecule has 0 atom stereocenters. The molecular formula is C12H17Br2NO2S. The van der Waals surface area contributed by atoms with Crippen LogP contribution in [0.1, 0.15) is 18.9 Å². The van der Waals surface area contributed by atoms with Crippen LogP contribution in [0, 0.1) is 6.92 Å². The van der Waals surface area contributed by atoms with Crippen LogP contribution in [0.3, 0.4) is 0 Å². The molecule has 0 saturated heterocycles. The van der Waals surface area contributed by atoms with E-state index in [1.165, 1.54) is 0 Å². The van der Waals surface area contributed by atoms with E-state index in [4.69, 9.17) is 0 Å². The molecule has 0 aromatic heterocycles. The van der Waals surface area contributed by atoms with Crippen molar-refractivity contribution in [1.29, 1.82) is 0 Å². The Hall–Kier alpha value is 0.0900. The van der Waals surface area contributed by atoms with Crippen LogP contribution in [0.2, 0.25) is 0 Å². The number of rotatable bonds is 6. The summed E-state index contributed by atoms with van der Waals surface area (Å²) in [5.41, 5.74) is 0.250. The molecule has 1 N–H and O–H groups in total. The number of hydrogen-bond acceptors (Lipinski definition) is 2. The highest BCUT2D eigenvalue weighted by Gasteiger charge is 2.32. The largest absolute Gasteiger partial charge is 0.241 e. The van der Waals surface area contributed by atoms with Crippen molar-refractivity contribution in [3.05, 3.63) is 29.8 Å². The molecule has 0 aliphatic rings. The molecule has 0 heterocycles. The van der Waals surface area contributed by atoms with Gasteiger partial charge in [0.1, 0.15) is 0 Å². The first-order valence-electron chi connectivity index (χ1n) is 5.62. The molecule has 0 amide bonds. The van der Waals surface area contributed by atoms with Crippen LogP contribution in [-0.2, 0) is 10.0 Å². The fraction of sp³-hybridized carbons (Fsp3) is 0.500. The molecular weight excluding hydrogens is 382 g/mol. The molecule has 0 spiro atoms. The molecule has 0 bridgehead atoms. The molecule has 18 heavy (non-hydrogen) atoms. The lowest BCUT2D eigenvalue weighted by Crippen LogP contribution is -2.51. The lowest BCUT2D eigenvalue weighted by Gasteiger charge is -2.29. The van der Waals surface area contributed by atoms with Crippen LogP contribution in [0.15, 0.2) is 29.2 Å². The minimum atomic E-state index is -3.49. The average Bonchev–Trinajstić information content (AvgIpc) is 2.36. The Morgan fingerprint density at radius 1 is 1.22 bits per heavy atom. The Morgan fingerprint density at radius 2 is 1.78 bits per heavy atom. The third-order valence-corrected chi connectivity index (χ3v) is 6.81. The molecule has 1 aromatic carbocycles. The molecule has 3 nitrogen and oxygen atoms in total. The van der Waals surface area contributed by atoms with Crippen LogP contribution in [0.4, 0.5) is 0 Å². The highest BCUT2D eigenvalue weighted by atomic mass is 79.9. The molecule has 1 rings (SSSR count). The standard InChI is InChI=1S/C12H17Br2NO2S/c1-3-12(8-13,9-14)15-18(16,17)11-7-5-4-6-10(11)2/h4-7,15H,3,8-9H2,1-2H3. The number of benzene rings is 1. The van der Waals surface area contributed by atoms with Crippen LogP contribution >= 0.6 is 31.9 Å². The van der Waals surface area contributed by atoms with Gasteiger partial charge in [-0.05, 0) is 25.0 Å². The third kappa shape index (κ3) is 3.56. The van der Waals surface area contributed by atoms with Gasteiger partial charge in [0.05, 0.1) is 10.4 Å². The minimum absolute atomic E-state index is 0.338. The summed E-state index contributed by atoms with van der Waals surface area (Å²) in [6, 6.07) is 6.98. The summed E-state index contributed by atoms with van der Waals surface area (Å²) >= 11 is 6.76. The Balaban J connectivity index is 3.13. The van der Waals surface area contributed by atoms with Crippen molar-refractivity contribution in [3.8, 4) is 0 Å². The number of hydrogen-bond donors (Lipinski definition) is 1. The summed E-state index contributed by atoms with van der Waals surface area (Å²) in [6.07, 6.45) is 0.703. The van der Waals surface area contributed by atoms with Gasteiger partial charge >= 0.3 is 0 Å². The predicted molar refractivity (Wildman–Crippen MR) is 82.1 cm³/mol. The fourth-order valence-electron chi connectivity index (χ4n) is 1.55. The van der Waals surface area contributed by atoms with Crippen molar-refractivity contribution < 1.29 is 8.42 Å². The van der Waals surface area contributed by atoms with Crippen LogP contribution in [-0.4, -0.2) is 24.6 Å². The van der Waals surface area contributed by atoms with E-state index in [0.29, 0.717) is 22.0 Å². The monoisotopic (exact) mass is 397 g/mol. The molecule has 0 aliphatic heterocycles. The van der Waals surface area contributed by atoms with Gasteiger partial charge in [-0.25, -0.2) is 13.1 Å². The smallest absolute Gasteiger partial charge is 0.207 e. The number of nitrogens with one attached hydrogen (secondary N) is 1. The Bertz CT molecular complexity index is 490. The van der Waals surface area contributed by atoms with E-state index >= 15 is 0 Å². The maximum Gasteiger partial charge on any atom is 0.241 e. The van der Waals surface area contributed by atoms with Crippen molar-refractivity contribution in [3.63, 3.8) is 0 Å². The van der Waals surface area contributed by atoms with E-state index in [9.17, 15) is 8.42 Å². The van der Waals surface area contributed by atoms with Crippen molar-refractivity contribution in [2.75, 3.05) is 10.7 Å². The van der Waals surface area contributed by atoms with Crippen molar-refractivity contribution in [2.45, 2.75) is 30.7 Å². The zero-order valence-corrected chi connectivity index (χ0v) is 14.4. The van der Waals surface area contributed by atoms with Gasteiger partial charge in [-0.1, -0.05) is 57.0 Å². The quantitative estimate of drug-likeness (QED) is 0.747. The Morgan fingerprint density at radius 3 is 2.22 bits per heavy atom. The summed E-state index contributed by atoms with van der Waals surface area (Å²) < 4.78 is 27.6. The lowest BCUT2D eigenvalue weighted by molar-refractivity contribution is 0.459. The zero-order chi connectivity index (χ0) is 13.8. The van der Waals surface area contributed by atoms with Crippen molar-refractivity contribution >= 4 is 41.9 Å². The molecule has 0 radical (unpaired) electrons. The summed E-state index contributed by atoms with van der Waals surface area (Å²) in [6.45, 7) is 3.76. The Labute approximate surface area is 126 Å². The molecule has 0 unspecified atom stereocenters. The second kappa shape index (κ2) is 6.50. The number of sulfonamides is 1. The molecule has 6 heteroatoms. The maximum absolute atomic E-state index is 12.4. The van der Waals surface area contributed by atoms with Gasteiger partial charge in [0, 0.05) is 10.7 Å². The van der Waals surface area contributed by atoms with Gasteiger partial charge < -0.3 is 0 Å². The number of halogens is 2. The van der Waals surface area contributed by atoms with Gasteiger partial charge in [0.25, 0.3) is 0 Å². The summed E-state index contributed by atoms with van der Waals surface area (Å²) in [5.74, 6) is 0. The summed E-state index contributed by atoms with van der Waals surface area (Å²) in [4.78, 5) is 0.338. The number of aryl methyl sites for hydroxylation is 1. The SMILES string of the molecule is CCC(CBr)(CBr)NS(=O)(=O)c1ccccc1C. The van der Waals surface area contributed by atoms with Crippen molar-refractivity contribution in [2.24, 2.45) is 0 Å². The topological polar surface area (TPSA) is 46.2 Å². The van der Waals surface area contributed by atoms with Gasteiger partial charge in [0.15, 0.2) is 0 Å². The first kappa shape index (κ1) is 16.1. The maximum atomic E-state index is 12.4. The Kier molecular flexibility index (Phi) is 5.83. The van der Waals surface area contributed by atoms with Crippen LogP contribution in [0.25, 0.3) is 0 Å². The normalized spacial score (nSPS) is 12.7. The average molecular weight is 399 g/mol. The van der Waals surface area contributed by atoms with E-state index in [1.807, 2.05) is 13.0 Å². The van der Waals surface area contributed by atoms with E-state index in [0.717, 1.165) is 5.56 Å². The molecule has 0 fully saturated rings. The van der Waals surface area contributed by atoms with Gasteiger partial charge in [-0.15, -0.1) is 0 Å². The lowest BCUT2D eigenvalue weighted by atomic mass is 10.0. The molecule has 102 valence electrons. The van der Waals surface area contributed by atoms with Crippen molar-refractivity contribution in [1.82, 2.24) is 4.72 Å². The second-order valence-electron chi connectivity index (χ2n) is 4.27. The van der Waals surface area contributed by atoms with Gasteiger partial charge in [-0.2, -0.15) is 0 Å². The second-order valence-corrected chi connectivity index (χ2v) is 7.04. The fourth-order valence-corrected chi connectivity index (χ4v) is 5.64.